The molecule has 1 aliphatic rings. The molecule has 1 saturated carbocycles. The SMILES string of the molecule is C[C@@H](Oc1c(C=Nn2c(C3CCCCC3)nc3ccc(Br)cc3c2=O)cc(Cl)cc1[N+](=O)[O-])C(=O)O. The molecule has 0 unspecified atom stereocenters. The predicted molar refractivity (Wildman–Crippen MR) is 138 cm³/mol. The molecule has 1 aromatic heterocycles. The van der Waals surface area contributed by atoms with E-state index in [0.717, 1.165) is 38.2 Å². The quantitative estimate of drug-likeness (QED) is 0.222. The second-order valence-corrected chi connectivity index (χ2v) is 9.88. The number of rotatable bonds is 7. The van der Waals surface area contributed by atoms with Crippen molar-refractivity contribution in [2.24, 2.45) is 5.10 Å². The molecule has 0 spiro atoms. The molecular weight excluding hydrogens is 556 g/mol. The fourth-order valence-corrected chi connectivity index (χ4v) is 4.79. The zero-order chi connectivity index (χ0) is 26.0. The summed E-state index contributed by atoms with van der Waals surface area (Å²) in [5, 5.41) is 25.7. The van der Waals surface area contributed by atoms with Crippen LogP contribution in [0.15, 0.2) is 44.7 Å². The lowest BCUT2D eigenvalue weighted by Crippen LogP contribution is -2.25. The first kappa shape index (κ1) is 25.8. The van der Waals surface area contributed by atoms with Gasteiger partial charge < -0.3 is 9.84 Å². The van der Waals surface area contributed by atoms with Gasteiger partial charge in [0.05, 0.1) is 22.0 Å². The molecule has 3 aromatic rings. The van der Waals surface area contributed by atoms with Crippen molar-refractivity contribution in [1.29, 1.82) is 0 Å². The van der Waals surface area contributed by atoms with Crippen LogP contribution in [-0.4, -0.2) is 38.0 Å². The van der Waals surface area contributed by atoms with Crippen LogP contribution in [0.3, 0.4) is 0 Å². The number of aliphatic carboxylic acids is 1. The van der Waals surface area contributed by atoms with Gasteiger partial charge in [-0.2, -0.15) is 9.78 Å². The number of benzene rings is 2. The minimum atomic E-state index is -1.38. The minimum Gasteiger partial charge on any atom is -0.479 e. The number of carbonyl (C=O) groups is 1. The average molecular weight is 578 g/mol. The van der Waals surface area contributed by atoms with Gasteiger partial charge in [-0.3, -0.25) is 14.9 Å². The summed E-state index contributed by atoms with van der Waals surface area (Å²) in [4.78, 5) is 40.5. The summed E-state index contributed by atoms with van der Waals surface area (Å²) in [7, 11) is 0. The van der Waals surface area contributed by atoms with Crippen LogP contribution in [0.5, 0.6) is 5.75 Å². The first-order chi connectivity index (χ1) is 17.2. The lowest BCUT2D eigenvalue weighted by Gasteiger charge is -2.22. The van der Waals surface area contributed by atoms with Gasteiger partial charge in [-0.05, 0) is 44.0 Å². The van der Waals surface area contributed by atoms with Gasteiger partial charge in [-0.1, -0.05) is 46.8 Å². The van der Waals surface area contributed by atoms with Gasteiger partial charge in [0.1, 0.15) is 5.82 Å². The van der Waals surface area contributed by atoms with E-state index in [0.29, 0.717) is 21.2 Å². The Morgan fingerprint density at radius 2 is 2.06 bits per heavy atom. The molecule has 1 N–H and O–H groups in total. The Balaban J connectivity index is 1.90. The Kier molecular flexibility index (Phi) is 7.70. The van der Waals surface area contributed by atoms with E-state index < -0.39 is 28.2 Å². The highest BCUT2D eigenvalue weighted by molar-refractivity contribution is 9.10. The fraction of sp³-hybridized carbons (Fsp3) is 0.333. The number of nitro groups is 1. The van der Waals surface area contributed by atoms with Gasteiger partial charge in [-0.25, -0.2) is 9.78 Å². The summed E-state index contributed by atoms with van der Waals surface area (Å²) in [5.74, 6) is -1.09. The molecule has 1 heterocycles. The number of aromatic nitrogens is 2. The summed E-state index contributed by atoms with van der Waals surface area (Å²) >= 11 is 9.48. The topological polar surface area (TPSA) is 137 Å². The third-order valence-corrected chi connectivity index (χ3v) is 6.73. The van der Waals surface area contributed by atoms with E-state index in [1.165, 1.54) is 23.9 Å². The van der Waals surface area contributed by atoms with E-state index in [1.54, 1.807) is 12.1 Å². The van der Waals surface area contributed by atoms with E-state index in [4.69, 9.17) is 21.3 Å². The normalized spacial score (nSPS) is 15.3. The summed E-state index contributed by atoms with van der Waals surface area (Å²) < 4.78 is 7.32. The number of halogens is 2. The summed E-state index contributed by atoms with van der Waals surface area (Å²) in [5.41, 5.74) is -0.306. The molecule has 2 aromatic carbocycles. The van der Waals surface area contributed by atoms with E-state index in [-0.39, 0.29) is 22.3 Å². The Hall–Kier alpha value is -3.31. The second-order valence-electron chi connectivity index (χ2n) is 8.53. The van der Waals surface area contributed by atoms with Crippen molar-refractivity contribution in [2.75, 3.05) is 0 Å². The molecule has 0 radical (unpaired) electrons. The van der Waals surface area contributed by atoms with Gasteiger partial charge in [0, 0.05) is 27.0 Å². The number of ether oxygens (including phenoxy) is 1. The largest absolute Gasteiger partial charge is 0.479 e. The highest BCUT2D eigenvalue weighted by atomic mass is 79.9. The summed E-state index contributed by atoms with van der Waals surface area (Å²) in [6.45, 7) is 1.25. The van der Waals surface area contributed by atoms with Crippen LogP contribution in [0.2, 0.25) is 5.02 Å². The minimum absolute atomic E-state index is 0.0214. The lowest BCUT2D eigenvalue weighted by atomic mass is 9.88. The Labute approximate surface area is 218 Å². The fourth-order valence-electron chi connectivity index (χ4n) is 4.21. The molecule has 36 heavy (non-hydrogen) atoms. The number of carboxylic acids is 1. The second kappa shape index (κ2) is 10.8. The highest BCUT2D eigenvalue weighted by Gasteiger charge is 2.26. The van der Waals surface area contributed by atoms with Crippen LogP contribution >= 0.6 is 27.5 Å². The van der Waals surface area contributed by atoms with Crippen molar-refractivity contribution < 1.29 is 19.6 Å². The standard InChI is InChI=1S/C24H22BrClN4O6/c1-13(24(32)33)36-21-15(9-17(26)11-20(21)30(34)35)12-27-29-22(14-5-3-2-4-6-14)28-19-8-7-16(25)10-18(19)23(29)31/h7-14H,2-6H2,1H3,(H,32,33)/t13-/m1/s1. The predicted octanol–water partition coefficient (Wildman–Crippen LogP) is 5.50. The van der Waals surface area contributed by atoms with Gasteiger partial charge in [-0.15, -0.1) is 0 Å². The van der Waals surface area contributed by atoms with Crippen molar-refractivity contribution in [2.45, 2.75) is 51.0 Å². The monoisotopic (exact) mass is 576 g/mol. The zero-order valence-corrected chi connectivity index (χ0v) is 21.5. The molecule has 0 amide bonds. The summed E-state index contributed by atoms with van der Waals surface area (Å²) in [6, 6.07) is 7.66. The van der Waals surface area contributed by atoms with Crippen LogP contribution in [0, 0.1) is 10.1 Å². The maximum Gasteiger partial charge on any atom is 0.344 e. The van der Waals surface area contributed by atoms with Crippen molar-refractivity contribution in [3.05, 3.63) is 71.7 Å². The third-order valence-electron chi connectivity index (χ3n) is 6.02. The number of nitro benzene ring substituents is 1. The molecule has 0 bridgehead atoms. The number of fused-ring (bicyclic) bond motifs is 1. The first-order valence-electron chi connectivity index (χ1n) is 11.3. The molecule has 4 rings (SSSR count). The molecule has 12 heteroatoms. The molecule has 0 aliphatic heterocycles. The van der Waals surface area contributed by atoms with Crippen molar-refractivity contribution in [1.82, 2.24) is 9.66 Å². The van der Waals surface area contributed by atoms with Crippen LogP contribution in [0.4, 0.5) is 5.69 Å². The lowest BCUT2D eigenvalue weighted by molar-refractivity contribution is -0.386. The highest BCUT2D eigenvalue weighted by Crippen LogP contribution is 2.35. The van der Waals surface area contributed by atoms with Crippen LogP contribution < -0.4 is 10.3 Å². The zero-order valence-electron chi connectivity index (χ0n) is 19.2. The molecule has 1 fully saturated rings. The van der Waals surface area contributed by atoms with Crippen LogP contribution in [0.25, 0.3) is 10.9 Å². The van der Waals surface area contributed by atoms with E-state index >= 15 is 0 Å². The number of hydrogen-bond donors (Lipinski definition) is 1. The van der Waals surface area contributed by atoms with Crippen molar-refractivity contribution in [3.8, 4) is 5.75 Å². The number of nitrogens with zero attached hydrogens (tertiary/aromatic N) is 4. The van der Waals surface area contributed by atoms with E-state index in [9.17, 15) is 24.8 Å². The van der Waals surface area contributed by atoms with E-state index in [1.807, 2.05) is 6.07 Å². The Morgan fingerprint density at radius 3 is 2.72 bits per heavy atom. The Bertz CT molecular complexity index is 1430. The molecular formula is C24H22BrClN4O6. The van der Waals surface area contributed by atoms with Crippen molar-refractivity contribution >= 4 is 56.3 Å². The maximum atomic E-state index is 13.5. The average Bonchev–Trinajstić information content (AvgIpc) is 2.85. The van der Waals surface area contributed by atoms with Gasteiger partial charge in [0.25, 0.3) is 5.56 Å². The molecule has 10 nitrogen and oxygen atoms in total. The third kappa shape index (κ3) is 5.41. The van der Waals surface area contributed by atoms with Crippen LogP contribution in [-0.2, 0) is 4.79 Å². The Morgan fingerprint density at radius 1 is 1.33 bits per heavy atom. The van der Waals surface area contributed by atoms with Gasteiger partial charge in [0.15, 0.2) is 6.10 Å². The smallest absolute Gasteiger partial charge is 0.344 e. The number of carboxylic acid groups (broad SMARTS) is 1. The molecule has 1 aliphatic carbocycles. The molecule has 1 atom stereocenters. The molecule has 0 saturated heterocycles. The van der Waals surface area contributed by atoms with E-state index in [2.05, 4.69) is 21.0 Å². The molecule has 188 valence electrons. The summed E-state index contributed by atoms with van der Waals surface area (Å²) in [6.07, 6.45) is 4.68. The maximum absolute atomic E-state index is 13.5. The van der Waals surface area contributed by atoms with Crippen molar-refractivity contribution in [3.63, 3.8) is 0 Å². The first-order valence-corrected chi connectivity index (χ1v) is 12.5. The number of hydrogen-bond acceptors (Lipinski definition) is 7. The van der Waals surface area contributed by atoms with Gasteiger partial charge >= 0.3 is 11.7 Å². The van der Waals surface area contributed by atoms with Gasteiger partial charge in [0.2, 0.25) is 5.75 Å². The van der Waals surface area contributed by atoms with Crippen LogP contribution in [0.1, 0.15) is 56.3 Å².